The Morgan fingerprint density at radius 3 is 2.83 bits per heavy atom. The second-order valence-corrected chi connectivity index (χ2v) is 7.45. The van der Waals surface area contributed by atoms with Gasteiger partial charge in [-0.15, -0.1) is 0 Å². The Hall–Kier alpha value is -1.88. The van der Waals surface area contributed by atoms with Crippen LogP contribution in [0.4, 0.5) is 0 Å². The van der Waals surface area contributed by atoms with E-state index in [1.165, 1.54) is 0 Å². The van der Waals surface area contributed by atoms with Crippen molar-refractivity contribution in [3.8, 4) is 5.75 Å². The molecule has 5 nitrogen and oxygen atoms in total. The Morgan fingerprint density at radius 2 is 2.00 bits per heavy atom. The summed E-state index contributed by atoms with van der Waals surface area (Å²) < 4.78 is 11.7. The summed E-state index contributed by atoms with van der Waals surface area (Å²) in [4.78, 5) is 27.4. The normalized spacial score (nSPS) is 36.9. The molecular formula is C19H21NO4. The number of hydrogen-bond acceptors (Lipinski definition) is 4. The molecule has 1 aromatic rings. The molecule has 4 aliphatic rings. The third-order valence-electron chi connectivity index (χ3n) is 6.25. The Labute approximate surface area is 140 Å². The molecule has 1 spiro atoms. The molecule has 0 N–H and O–H groups in total. The number of carbonyl (C=O) groups is 2. The van der Waals surface area contributed by atoms with Crippen molar-refractivity contribution in [2.24, 2.45) is 17.8 Å². The second kappa shape index (κ2) is 5.06. The second-order valence-electron chi connectivity index (χ2n) is 7.45. The predicted molar refractivity (Wildman–Crippen MR) is 85.9 cm³/mol. The maximum atomic E-state index is 12.9. The highest BCUT2D eigenvalue weighted by Crippen LogP contribution is 2.66. The van der Waals surface area contributed by atoms with E-state index in [-0.39, 0.29) is 23.5 Å². The summed E-state index contributed by atoms with van der Waals surface area (Å²) in [5.74, 6) is 1.71. The number of fused-ring (bicyclic) bond motifs is 3. The number of morpholine rings is 1. The maximum Gasteiger partial charge on any atom is 0.226 e. The lowest BCUT2D eigenvalue weighted by atomic mass is 9.84. The number of nitrogens with zero attached hydrogens (tertiary/aromatic N) is 1. The summed E-state index contributed by atoms with van der Waals surface area (Å²) in [6, 6.07) is 7.49. The predicted octanol–water partition coefficient (Wildman–Crippen LogP) is 1.91. The molecule has 3 fully saturated rings. The third kappa shape index (κ3) is 1.97. The molecule has 5 heteroatoms. The first-order chi connectivity index (χ1) is 11.7. The summed E-state index contributed by atoms with van der Waals surface area (Å²) in [7, 11) is 0. The lowest BCUT2D eigenvalue weighted by molar-refractivity contribution is -0.138. The van der Waals surface area contributed by atoms with Gasteiger partial charge in [-0.05, 0) is 30.9 Å². The van der Waals surface area contributed by atoms with Gasteiger partial charge >= 0.3 is 0 Å². The molecule has 2 heterocycles. The van der Waals surface area contributed by atoms with Crippen molar-refractivity contribution in [2.45, 2.75) is 24.9 Å². The van der Waals surface area contributed by atoms with Crippen molar-refractivity contribution >= 4 is 11.7 Å². The van der Waals surface area contributed by atoms with Crippen LogP contribution in [-0.2, 0) is 9.53 Å². The number of ketones is 1. The Bertz CT molecular complexity index is 711. The molecule has 126 valence electrons. The van der Waals surface area contributed by atoms with Gasteiger partial charge in [-0.3, -0.25) is 9.59 Å². The van der Waals surface area contributed by atoms with Crippen molar-refractivity contribution < 1.29 is 19.1 Å². The Morgan fingerprint density at radius 1 is 1.21 bits per heavy atom. The molecule has 1 amide bonds. The van der Waals surface area contributed by atoms with E-state index in [1.807, 2.05) is 29.2 Å². The minimum atomic E-state index is -0.456. The highest BCUT2D eigenvalue weighted by Gasteiger charge is 2.71. The Balaban J connectivity index is 1.39. The van der Waals surface area contributed by atoms with E-state index in [0.29, 0.717) is 50.0 Å². The molecule has 1 aromatic carbocycles. The van der Waals surface area contributed by atoms with Gasteiger partial charge in [-0.2, -0.15) is 0 Å². The van der Waals surface area contributed by atoms with Gasteiger partial charge in [0, 0.05) is 24.9 Å². The summed E-state index contributed by atoms with van der Waals surface area (Å²) in [6.45, 7) is 2.62. The first kappa shape index (κ1) is 14.5. The minimum absolute atomic E-state index is 0.0370. The Kier molecular flexibility index (Phi) is 3.05. The van der Waals surface area contributed by atoms with Gasteiger partial charge in [-0.1, -0.05) is 12.1 Å². The van der Waals surface area contributed by atoms with E-state index in [4.69, 9.17) is 9.47 Å². The van der Waals surface area contributed by atoms with Gasteiger partial charge < -0.3 is 14.4 Å². The van der Waals surface area contributed by atoms with Crippen LogP contribution in [0.5, 0.6) is 5.75 Å². The smallest absolute Gasteiger partial charge is 0.226 e. The van der Waals surface area contributed by atoms with Crippen molar-refractivity contribution in [2.75, 3.05) is 26.3 Å². The maximum absolute atomic E-state index is 12.9. The van der Waals surface area contributed by atoms with E-state index >= 15 is 0 Å². The first-order valence-electron chi connectivity index (χ1n) is 8.87. The average Bonchev–Trinajstić information content (AvgIpc) is 3.26. The highest BCUT2D eigenvalue weighted by atomic mass is 16.5. The molecule has 2 aliphatic carbocycles. The molecule has 0 aromatic heterocycles. The topological polar surface area (TPSA) is 55.8 Å². The molecule has 4 atom stereocenters. The van der Waals surface area contributed by atoms with Crippen molar-refractivity contribution in [3.63, 3.8) is 0 Å². The van der Waals surface area contributed by atoms with E-state index in [0.717, 1.165) is 12.8 Å². The van der Waals surface area contributed by atoms with Gasteiger partial charge in [-0.25, -0.2) is 0 Å². The molecule has 5 rings (SSSR count). The fraction of sp³-hybridized carbons (Fsp3) is 0.579. The zero-order valence-electron chi connectivity index (χ0n) is 13.6. The van der Waals surface area contributed by atoms with Crippen LogP contribution >= 0.6 is 0 Å². The molecule has 24 heavy (non-hydrogen) atoms. The van der Waals surface area contributed by atoms with Gasteiger partial charge in [0.2, 0.25) is 5.91 Å². The fourth-order valence-corrected chi connectivity index (χ4v) is 5.09. The van der Waals surface area contributed by atoms with E-state index in [2.05, 4.69) is 0 Å². The van der Waals surface area contributed by atoms with Crippen LogP contribution in [-0.4, -0.2) is 48.5 Å². The molecule has 2 saturated carbocycles. The number of carbonyl (C=O) groups excluding carboxylic acids is 2. The largest absolute Gasteiger partial charge is 0.486 e. The molecule has 1 saturated heterocycles. The zero-order chi connectivity index (χ0) is 16.3. The molecule has 0 unspecified atom stereocenters. The summed E-state index contributed by atoms with van der Waals surface area (Å²) in [5, 5.41) is 0. The van der Waals surface area contributed by atoms with Crippen molar-refractivity contribution in [3.05, 3.63) is 29.8 Å². The lowest BCUT2D eigenvalue weighted by Crippen LogP contribution is -2.46. The van der Waals surface area contributed by atoms with Crippen LogP contribution in [0.2, 0.25) is 0 Å². The molecular weight excluding hydrogens is 306 g/mol. The average molecular weight is 327 g/mol. The third-order valence-corrected chi connectivity index (χ3v) is 6.25. The standard InChI is InChI=1S/C19H21NO4/c21-14-11-19(24-15-4-2-1-3-12(14)15)6-5-13-16(17(13)19)18(22)20-7-9-23-10-8-20/h1-4,13,16-17H,5-11H2/t13-,16-,17-,19+/m1/s1. The SMILES string of the molecule is O=C1C[C@]2(CC[C@@H]3[C@@H](C(=O)N4CCOCC4)[C@@H]32)Oc2ccccc21. The first-order valence-corrected chi connectivity index (χ1v) is 8.87. The van der Waals surface area contributed by atoms with Crippen LogP contribution in [0.3, 0.4) is 0 Å². The van der Waals surface area contributed by atoms with Crippen LogP contribution in [0.1, 0.15) is 29.6 Å². The van der Waals surface area contributed by atoms with Crippen molar-refractivity contribution in [1.82, 2.24) is 4.90 Å². The minimum Gasteiger partial charge on any atom is -0.486 e. The monoisotopic (exact) mass is 327 g/mol. The van der Waals surface area contributed by atoms with Crippen LogP contribution < -0.4 is 4.74 Å². The van der Waals surface area contributed by atoms with E-state index in [1.54, 1.807) is 0 Å². The number of ether oxygens (including phenoxy) is 2. The number of rotatable bonds is 1. The fourth-order valence-electron chi connectivity index (χ4n) is 5.09. The van der Waals surface area contributed by atoms with Crippen LogP contribution in [0.15, 0.2) is 24.3 Å². The molecule has 0 bridgehead atoms. The van der Waals surface area contributed by atoms with Gasteiger partial charge in [0.1, 0.15) is 11.4 Å². The number of hydrogen-bond donors (Lipinski definition) is 0. The summed E-state index contributed by atoms with van der Waals surface area (Å²) in [6.07, 6.45) is 2.29. The number of Topliss-reactive ketones (excluding diaryl/α,β-unsaturated/α-hetero) is 1. The zero-order valence-corrected chi connectivity index (χ0v) is 13.6. The van der Waals surface area contributed by atoms with Crippen LogP contribution in [0, 0.1) is 17.8 Å². The van der Waals surface area contributed by atoms with Crippen LogP contribution in [0.25, 0.3) is 0 Å². The van der Waals surface area contributed by atoms with Gasteiger partial charge in [0.05, 0.1) is 25.2 Å². The number of para-hydroxylation sites is 1. The highest BCUT2D eigenvalue weighted by molar-refractivity contribution is 6.00. The summed E-state index contributed by atoms with van der Waals surface area (Å²) in [5.41, 5.74) is 0.228. The lowest BCUT2D eigenvalue weighted by Gasteiger charge is -2.37. The van der Waals surface area contributed by atoms with Gasteiger partial charge in [0.25, 0.3) is 0 Å². The molecule has 2 aliphatic heterocycles. The van der Waals surface area contributed by atoms with Gasteiger partial charge in [0.15, 0.2) is 5.78 Å². The van der Waals surface area contributed by atoms with Crippen molar-refractivity contribution in [1.29, 1.82) is 0 Å². The number of amides is 1. The summed E-state index contributed by atoms with van der Waals surface area (Å²) >= 11 is 0. The van der Waals surface area contributed by atoms with E-state index in [9.17, 15) is 9.59 Å². The van der Waals surface area contributed by atoms with E-state index < -0.39 is 5.60 Å². The quantitative estimate of drug-likeness (QED) is 0.791. The molecule has 0 radical (unpaired) electrons. The number of benzene rings is 1.